The molecule has 6 aromatic rings. The average molecular weight is 539 g/mol. The molecule has 0 bridgehead atoms. The Balaban J connectivity index is 1.32. The predicted octanol–water partition coefficient (Wildman–Crippen LogP) is 9.35. The fourth-order valence-electron chi connectivity index (χ4n) is 5.65. The third kappa shape index (κ3) is 4.10. The van der Waals surface area contributed by atoms with Crippen LogP contribution in [0, 0.1) is 0 Å². The van der Waals surface area contributed by atoms with Crippen LogP contribution in [0.4, 0.5) is 0 Å². The molecule has 0 saturated carbocycles. The van der Waals surface area contributed by atoms with E-state index in [0.29, 0.717) is 0 Å². The molecule has 1 aliphatic heterocycles. The first-order chi connectivity index (χ1) is 19.3. The van der Waals surface area contributed by atoms with Crippen molar-refractivity contribution in [3.8, 4) is 33.4 Å². The van der Waals surface area contributed by atoms with Crippen molar-refractivity contribution in [2.24, 2.45) is 0 Å². The molecule has 4 heteroatoms. The number of thiophene rings is 1. The minimum Gasteiger partial charge on any atom is -0.399 e. The predicted molar refractivity (Wildman–Crippen MR) is 171 cm³/mol. The fourth-order valence-corrected chi connectivity index (χ4v) is 7.01. The van der Waals surface area contributed by atoms with Crippen molar-refractivity contribution in [3.05, 3.63) is 115 Å². The van der Waals surface area contributed by atoms with Crippen LogP contribution < -0.4 is 5.46 Å². The Labute approximate surface area is 240 Å². The van der Waals surface area contributed by atoms with Gasteiger partial charge in [0, 0.05) is 25.7 Å². The molecule has 1 saturated heterocycles. The van der Waals surface area contributed by atoms with E-state index in [0.717, 1.165) is 5.46 Å². The SMILES string of the molecule is CC1(C)OB(c2ccc(-c3cccc4c3sc3c(-c5ccccc5-c5ccccc5)cccc34)cc2)OC1(C)C. The van der Waals surface area contributed by atoms with E-state index in [9.17, 15) is 0 Å². The first kappa shape index (κ1) is 25.3. The zero-order valence-electron chi connectivity index (χ0n) is 23.3. The third-order valence-electron chi connectivity index (χ3n) is 8.57. The topological polar surface area (TPSA) is 18.5 Å². The van der Waals surface area contributed by atoms with E-state index < -0.39 is 0 Å². The molecule has 2 nitrogen and oxygen atoms in total. The lowest BCUT2D eigenvalue weighted by atomic mass is 9.78. The third-order valence-corrected chi connectivity index (χ3v) is 9.86. The molecule has 0 spiro atoms. The first-order valence-corrected chi connectivity index (χ1v) is 14.7. The zero-order chi connectivity index (χ0) is 27.5. The highest BCUT2D eigenvalue weighted by molar-refractivity contribution is 7.26. The molecule has 0 amide bonds. The van der Waals surface area contributed by atoms with Gasteiger partial charge in [-0.25, -0.2) is 0 Å². The number of hydrogen-bond acceptors (Lipinski definition) is 3. The summed E-state index contributed by atoms with van der Waals surface area (Å²) < 4.78 is 15.2. The highest BCUT2D eigenvalue weighted by Gasteiger charge is 2.51. The van der Waals surface area contributed by atoms with Crippen molar-refractivity contribution in [1.82, 2.24) is 0 Å². The Hall–Kier alpha value is -3.70. The molecular formula is C36H31BO2S. The second kappa shape index (κ2) is 9.45. The fraction of sp³-hybridized carbons (Fsp3) is 0.167. The Morgan fingerprint density at radius 1 is 0.475 bits per heavy atom. The van der Waals surface area contributed by atoms with Crippen molar-refractivity contribution in [1.29, 1.82) is 0 Å². The molecule has 0 unspecified atom stereocenters. The Morgan fingerprint density at radius 3 is 1.62 bits per heavy atom. The smallest absolute Gasteiger partial charge is 0.399 e. The van der Waals surface area contributed by atoms with E-state index in [2.05, 4.69) is 143 Å². The van der Waals surface area contributed by atoms with Crippen LogP contribution in [0.1, 0.15) is 27.7 Å². The molecule has 7 rings (SSSR count). The van der Waals surface area contributed by atoms with Crippen molar-refractivity contribution in [3.63, 3.8) is 0 Å². The first-order valence-electron chi connectivity index (χ1n) is 13.9. The second-order valence-corrected chi connectivity index (χ2v) is 12.6. The van der Waals surface area contributed by atoms with E-state index in [1.54, 1.807) is 0 Å². The Bertz CT molecular complexity index is 1840. The van der Waals surface area contributed by atoms with Crippen LogP contribution in [0.2, 0.25) is 0 Å². The van der Waals surface area contributed by atoms with Crippen molar-refractivity contribution in [2.75, 3.05) is 0 Å². The van der Waals surface area contributed by atoms with Gasteiger partial charge < -0.3 is 9.31 Å². The summed E-state index contributed by atoms with van der Waals surface area (Å²) in [4.78, 5) is 0. The number of fused-ring (bicyclic) bond motifs is 3. The lowest BCUT2D eigenvalue weighted by molar-refractivity contribution is 0.00578. The molecule has 40 heavy (non-hydrogen) atoms. The molecule has 1 fully saturated rings. The van der Waals surface area contributed by atoms with Gasteiger partial charge in [-0.2, -0.15) is 0 Å². The molecule has 0 N–H and O–H groups in total. The summed E-state index contributed by atoms with van der Waals surface area (Å²) in [6.07, 6.45) is 0. The van der Waals surface area contributed by atoms with E-state index in [-0.39, 0.29) is 18.3 Å². The van der Waals surface area contributed by atoms with Gasteiger partial charge in [0.2, 0.25) is 0 Å². The maximum Gasteiger partial charge on any atom is 0.494 e. The van der Waals surface area contributed by atoms with Crippen LogP contribution in [-0.2, 0) is 9.31 Å². The lowest BCUT2D eigenvalue weighted by Crippen LogP contribution is -2.41. The highest BCUT2D eigenvalue weighted by atomic mass is 32.1. The van der Waals surface area contributed by atoms with Gasteiger partial charge in [0.15, 0.2) is 0 Å². The van der Waals surface area contributed by atoms with Gasteiger partial charge in [-0.3, -0.25) is 0 Å². The molecule has 196 valence electrons. The van der Waals surface area contributed by atoms with E-state index in [4.69, 9.17) is 9.31 Å². The standard InChI is InChI=1S/C36H31BO2S/c1-35(2)36(3,4)39-37(38-35)26-22-20-25(21-23-26)28-16-10-18-31-32-19-11-17-30(34(32)40-33(28)31)29-15-9-8-14-27(29)24-12-6-5-7-13-24/h5-23H,1-4H3. The summed E-state index contributed by atoms with van der Waals surface area (Å²) in [5, 5.41) is 2.60. The Morgan fingerprint density at radius 2 is 0.975 bits per heavy atom. The van der Waals surface area contributed by atoms with Crippen molar-refractivity contribution in [2.45, 2.75) is 38.9 Å². The van der Waals surface area contributed by atoms with Crippen LogP contribution in [0.3, 0.4) is 0 Å². The molecule has 1 aliphatic rings. The van der Waals surface area contributed by atoms with Crippen molar-refractivity contribution < 1.29 is 9.31 Å². The van der Waals surface area contributed by atoms with Gasteiger partial charge in [-0.15, -0.1) is 11.3 Å². The molecule has 1 aromatic heterocycles. The van der Waals surface area contributed by atoms with E-state index >= 15 is 0 Å². The molecule has 2 heterocycles. The number of hydrogen-bond donors (Lipinski definition) is 0. The van der Waals surface area contributed by atoms with Crippen LogP contribution >= 0.6 is 11.3 Å². The van der Waals surface area contributed by atoms with Gasteiger partial charge in [0.1, 0.15) is 0 Å². The summed E-state index contributed by atoms with van der Waals surface area (Å²) in [5.41, 5.74) is 7.83. The van der Waals surface area contributed by atoms with Gasteiger partial charge in [-0.1, -0.05) is 115 Å². The van der Waals surface area contributed by atoms with Gasteiger partial charge in [-0.05, 0) is 61.0 Å². The van der Waals surface area contributed by atoms with Crippen LogP contribution in [0.15, 0.2) is 115 Å². The normalized spacial score (nSPS) is 16.1. The van der Waals surface area contributed by atoms with Gasteiger partial charge >= 0.3 is 7.12 Å². The molecule has 0 radical (unpaired) electrons. The molecular weight excluding hydrogens is 507 g/mol. The minimum absolute atomic E-state index is 0.351. The summed E-state index contributed by atoms with van der Waals surface area (Å²) >= 11 is 1.89. The number of rotatable bonds is 4. The van der Waals surface area contributed by atoms with Gasteiger partial charge in [0.05, 0.1) is 11.2 Å². The van der Waals surface area contributed by atoms with Gasteiger partial charge in [0.25, 0.3) is 0 Å². The largest absolute Gasteiger partial charge is 0.494 e. The quantitative estimate of drug-likeness (QED) is 0.208. The summed E-state index contributed by atoms with van der Waals surface area (Å²) in [6, 6.07) is 41.5. The van der Waals surface area contributed by atoms with Crippen LogP contribution in [0.5, 0.6) is 0 Å². The van der Waals surface area contributed by atoms with Crippen molar-refractivity contribution >= 4 is 44.1 Å². The molecule has 0 atom stereocenters. The second-order valence-electron chi connectivity index (χ2n) is 11.6. The Kier molecular flexibility index (Phi) is 5.97. The molecule has 5 aromatic carbocycles. The van der Waals surface area contributed by atoms with E-state index in [1.807, 2.05) is 11.3 Å². The summed E-state index contributed by atoms with van der Waals surface area (Å²) in [7, 11) is -0.355. The lowest BCUT2D eigenvalue weighted by Gasteiger charge is -2.32. The maximum absolute atomic E-state index is 6.28. The minimum atomic E-state index is -0.355. The van der Waals surface area contributed by atoms with Crippen LogP contribution in [-0.4, -0.2) is 18.3 Å². The zero-order valence-corrected chi connectivity index (χ0v) is 24.1. The average Bonchev–Trinajstić information content (AvgIpc) is 3.46. The monoisotopic (exact) mass is 538 g/mol. The maximum atomic E-state index is 6.28. The van der Waals surface area contributed by atoms with Crippen LogP contribution in [0.25, 0.3) is 53.6 Å². The van der Waals surface area contributed by atoms with E-state index in [1.165, 1.54) is 53.6 Å². The highest BCUT2D eigenvalue weighted by Crippen LogP contribution is 2.45. The number of benzene rings is 5. The summed E-state index contributed by atoms with van der Waals surface area (Å²) in [6.45, 7) is 8.37. The summed E-state index contributed by atoms with van der Waals surface area (Å²) in [5.74, 6) is 0. The molecule has 0 aliphatic carbocycles.